The summed E-state index contributed by atoms with van der Waals surface area (Å²) in [6, 6.07) is 6.43. The van der Waals surface area contributed by atoms with Gasteiger partial charge < -0.3 is 14.8 Å². The Morgan fingerprint density at radius 3 is 3.04 bits per heavy atom. The minimum absolute atomic E-state index is 0.307. The molecule has 0 aromatic carbocycles. The Morgan fingerprint density at radius 1 is 1.29 bits per heavy atom. The SMILES string of the molecule is O=C1CC[C@H]2CN(c3ccccn3)CC[C@H]2N1CCc1cnc[nH]1. The van der Waals surface area contributed by atoms with Gasteiger partial charge in [0.15, 0.2) is 0 Å². The third-order valence-corrected chi connectivity index (χ3v) is 5.29. The topological polar surface area (TPSA) is 65.1 Å². The van der Waals surface area contributed by atoms with Crippen LogP contribution in [0.4, 0.5) is 5.82 Å². The van der Waals surface area contributed by atoms with Crippen LogP contribution in [0, 0.1) is 5.92 Å². The van der Waals surface area contributed by atoms with E-state index >= 15 is 0 Å². The maximum Gasteiger partial charge on any atom is 0.222 e. The van der Waals surface area contributed by atoms with Crippen molar-refractivity contribution in [2.45, 2.75) is 31.7 Å². The number of aromatic nitrogens is 3. The van der Waals surface area contributed by atoms with Crippen LogP contribution >= 0.6 is 0 Å². The second kappa shape index (κ2) is 6.63. The third kappa shape index (κ3) is 3.00. The highest BCUT2D eigenvalue weighted by Crippen LogP contribution is 2.32. The van der Waals surface area contributed by atoms with Gasteiger partial charge in [-0.15, -0.1) is 0 Å². The van der Waals surface area contributed by atoms with E-state index in [2.05, 4.69) is 30.8 Å². The van der Waals surface area contributed by atoms with Crippen molar-refractivity contribution in [3.05, 3.63) is 42.6 Å². The predicted octanol–water partition coefficient (Wildman–Crippen LogP) is 1.86. The highest BCUT2D eigenvalue weighted by atomic mass is 16.2. The summed E-state index contributed by atoms with van der Waals surface area (Å²) >= 11 is 0. The Balaban J connectivity index is 1.43. The number of imidazole rings is 1. The number of carbonyl (C=O) groups excluding carboxylic acids is 1. The van der Waals surface area contributed by atoms with Gasteiger partial charge in [-0.05, 0) is 30.9 Å². The first-order chi connectivity index (χ1) is 11.8. The Morgan fingerprint density at radius 2 is 2.25 bits per heavy atom. The number of likely N-dealkylation sites (tertiary alicyclic amines) is 1. The van der Waals surface area contributed by atoms with Crippen LogP contribution in [-0.2, 0) is 11.2 Å². The molecule has 2 atom stereocenters. The van der Waals surface area contributed by atoms with E-state index in [-0.39, 0.29) is 0 Å². The Bertz CT molecular complexity index is 672. The molecule has 0 unspecified atom stereocenters. The van der Waals surface area contributed by atoms with Crippen molar-refractivity contribution in [1.29, 1.82) is 0 Å². The van der Waals surface area contributed by atoms with Gasteiger partial charge >= 0.3 is 0 Å². The Kier molecular flexibility index (Phi) is 4.19. The van der Waals surface area contributed by atoms with E-state index in [0.29, 0.717) is 24.3 Å². The van der Waals surface area contributed by atoms with Crippen molar-refractivity contribution in [3.8, 4) is 0 Å². The lowest BCUT2D eigenvalue weighted by Gasteiger charge is -2.47. The molecule has 126 valence electrons. The maximum atomic E-state index is 12.4. The van der Waals surface area contributed by atoms with Crippen LogP contribution < -0.4 is 4.90 Å². The summed E-state index contributed by atoms with van der Waals surface area (Å²) in [5.41, 5.74) is 1.09. The number of rotatable bonds is 4. The maximum absolute atomic E-state index is 12.4. The number of nitrogens with one attached hydrogen (secondary N) is 1. The second-order valence-electron chi connectivity index (χ2n) is 6.70. The van der Waals surface area contributed by atoms with Gasteiger partial charge in [0, 0.05) is 56.6 Å². The minimum Gasteiger partial charge on any atom is -0.356 e. The fourth-order valence-corrected chi connectivity index (χ4v) is 4.05. The van der Waals surface area contributed by atoms with Gasteiger partial charge in [0.25, 0.3) is 0 Å². The number of pyridine rings is 1. The number of hydrogen-bond donors (Lipinski definition) is 1. The summed E-state index contributed by atoms with van der Waals surface area (Å²) in [6.45, 7) is 2.74. The minimum atomic E-state index is 0.307. The number of aromatic amines is 1. The van der Waals surface area contributed by atoms with Crippen molar-refractivity contribution in [2.75, 3.05) is 24.5 Å². The van der Waals surface area contributed by atoms with Gasteiger partial charge in [-0.25, -0.2) is 9.97 Å². The monoisotopic (exact) mass is 325 g/mol. The molecule has 2 fully saturated rings. The average Bonchev–Trinajstić information content (AvgIpc) is 3.15. The highest BCUT2D eigenvalue weighted by Gasteiger charge is 2.39. The van der Waals surface area contributed by atoms with Crippen LogP contribution in [0.1, 0.15) is 25.0 Å². The van der Waals surface area contributed by atoms with Gasteiger partial charge in [0.2, 0.25) is 5.91 Å². The standard InChI is InChI=1S/C18H23N5O/c24-18-5-4-14-12-22(17-3-1-2-8-20-17)9-7-16(14)23(18)10-6-15-11-19-13-21-15/h1-3,8,11,13-14,16H,4-7,9-10,12H2,(H,19,21)/t14-,16+/m0/s1. The molecule has 2 aromatic rings. The first kappa shape index (κ1) is 15.2. The molecule has 2 saturated heterocycles. The molecule has 0 saturated carbocycles. The molecule has 0 bridgehead atoms. The molecule has 0 radical (unpaired) electrons. The third-order valence-electron chi connectivity index (χ3n) is 5.29. The summed E-state index contributed by atoms with van der Waals surface area (Å²) in [7, 11) is 0. The fraction of sp³-hybridized carbons (Fsp3) is 0.500. The van der Waals surface area contributed by atoms with E-state index in [1.807, 2.05) is 24.5 Å². The molecule has 0 aliphatic carbocycles. The molecule has 1 amide bonds. The van der Waals surface area contributed by atoms with Crippen LogP contribution in [0.15, 0.2) is 36.9 Å². The molecule has 1 N–H and O–H groups in total. The first-order valence-electron chi connectivity index (χ1n) is 8.74. The number of anilines is 1. The quantitative estimate of drug-likeness (QED) is 0.932. The number of hydrogen-bond acceptors (Lipinski definition) is 4. The molecule has 6 nitrogen and oxygen atoms in total. The van der Waals surface area contributed by atoms with Crippen molar-refractivity contribution < 1.29 is 4.79 Å². The summed E-state index contributed by atoms with van der Waals surface area (Å²) in [6.07, 6.45) is 8.92. The van der Waals surface area contributed by atoms with Crippen molar-refractivity contribution in [3.63, 3.8) is 0 Å². The smallest absolute Gasteiger partial charge is 0.222 e. The van der Waals surface area contributed by atoms with Crippen molar-refractivity contribution >= 4 is 11.7 Å². The molecular weight excluding hydrogens is 302 g/mol. The van der Waals surface area contributed by atoms with Gasteiger partial charge in [-0.1, -0.05) is 6.07 Å². The zero-order valence-electron chi connectivity index (χ0n) is 13.8. The first-order valence-corrected chi connectivity index (χ1v) is 8.74. The molecular formula is C18H23N5O. The number of fused-ring (bicyclic) bond motifs is 1. The van der Waals surface area contributed by atoms with Crippen LogP contribution in [0.3, 0.4) is 0 Å². The summed E-state index contributed by atoms with van der Waals surface area (Å²) < 4.78 is 0. The van der Waals surface area contributed by atoms with Crippen molar-refractivity contribution in [2.24, 2.45) is 5.92 Å². The van der Waals surface area contributed by atoms with E-state index in [9.17, 15) is 4.79 Å². The van der Waals surface area contributed by atoms with Gasteiger partial charge in [0.05, 0.1) is 6.33 Å². The molecule has 2 aromatic heterocycles. The van der Waals surface area contributed by atoms with Gasteiger partial charge in [0.1, 0.15) is 5.82 Å². The van der Waals surface area contributed by atoms with Crippen LogP contribution in [-0.4, -0.2) is 51.4 Å². The molecule has 4 rings (SSSR count). The Hall–Kier alpha value is -2.37. The zero-order valence-corrected chi connectivity index (χ0v) is 13.8. The molecule has 2 aliphatic rings. The predicted molar refractivity (Wildman–Crippen MR) is 91.6 cm³/mol. The zero-order chi connectivity index (χ0) is 16.4. The number of amides is 1. The molecule has 2 aliphatic heterocycles. The van der Waals surface area contributed by atoms with E-state index in [0.717, 1.165) is 50.4 Å². The lowest BCUT2D eigenvalue weighted by Crippen LogP contribution is -2.56. The average molecular weight is 325 g/mol. The number of piperidine rings is 2. The summed E-state index contributed by atoms with van der Waals surface area (Å²) in [5, 5.41) is 0. The number of H-pyrrole nitrogens is 1. The largest absolute Gasteiger partial charge is 0.356 e. The second-order valence-corrected chi connectivity index (χ2v) is 6.70. The molecule has 24 heavy (non-hydrogen) atoms. The van der Waals surface area contributed by atoms with E-state index < -0.39 is 0 Å². The summed E-state index contributed by atoms with van der Waals surface area (Å²) in [4.78, 5) is 28.6. The number of carbonyl (C=O) groups is 1. The van der Waals surface area contributed by atoms with Gasteiger partial charge in [-0.2, -0.15) is 0 Å². The van der Waals surface area contributed by atoms with E-state index in [1.165, 1.54) is 0 Å². The Labute approximate surface area is 141 Å². The van der Waals surface area contributed by atoms with Crippen LogP contribution in [0.2, 0.25) is 0 Å². The van der Waals surface area contributed by atoms with E-state index in [4.69, 9.17) is 0 Å². The van der Waals surface area contributed by atoms with Crippen molar-refractivity contribution in [1.82, 2.24) is 19.9 Å². The van der Waals surface area contributed by atoms with E-state index in [1.54, 1.807) is 6.33 Å². The van der Waals surface area contributed by atoms with Crippen LogP contribution in [0.25, 0.3) is 0 Å². The number of nitrogens with zero attached hydrogens (tertiary/aromatic N) is 4. The van der Waals surface area contributed by atoms with Gasteiger partial charge in [-0.3, -0.25) is 4.79 Å². The summed E-state index contributed by atoms with van der Waals surface area (Å²) in [5.74, 6) is 1.90. The molecule has 6 heteroatoms. The highest BCUT2D eigenvalue weighted by molar-refractivity contribution is 5.77. The lowest BCUT2D eigenvalue weighted by molar-refractivity contribution is -0.139. The normalized spacial score (nSPS) is 24.1. The lowest BCUT2D eigenvalue weighted by atomic mass is 9.83. The molecule has 4 heterocycles. The molecule has 0 spiro atoms. The van der Waals surface area contributed by atoms with Crippen LogP contribution in [0.5, 0.6) is 0 Å². The fourth-order valence-electron chi connectivity index (χ4n) is 4.05.